The molecule has 0 unspecified atom stereocenters. The molecule has 0 fully saturated rings. The molecule has 1 aromatic carbocycles. The molecule has 0 saturated carbocycles. The lowest BCUT2D eigenvalue weighted by molar-refractivity contribution is 0.173. The summed E-state index contributed by atoms with van der Waals surface area (Å²) in [7, 11) is 0. The topological polar surface area (TPSA) is 53.7 Å². The van der Waals surface area contributed by atoms with Gasteiger partial charge in [-0.05, 0) is 12.1 Å². The fourth-order valence-corrected chi connectivity index (χ4v) is 1.77. The van der Waals surface area contributed by atoms with E-state index < -0.39 is 0 Å². The monoisotopic (exact) mass is 261 g/mol. The van der Waals surface area contributed by atoms with Gasteiger partial charge in [0.15, 0.2) is 18.1 Å². The van der Waals surface area contributed by atoms with Crippen molar-refractivity contribution in [2.24, 2.45) is 0 Å². The van der Waals surface area contributed by atoms with Gasteiger partial charge in [0.2, 0.25) is 12.7 Å². The summed E-state index contributed by atoms with van der Waals surface area (Å²) in [5.74, 6) is 3.91. The molecule has 3 rings (SSSR count). The van der Waals surface area contributed by atoms with Gasteiger partial charge in [0, 0.05) is 12.0 Å². The quantitative estimate of drug-likeness (QED) is 0.846. The Morgan fingerprint density at radius 1 is 1.26 bits per heavy atom. The maximum absolute atomic E-state index is 5.62. The Balaban J connectivity index is 1.65. The average molecular weight is 261 g/mol. The summed E-state index contributed by atoms with van der Waals surface area (Å²) in [4.78, 5) is 4.18. The molecular weight excluding hydrogens is 246 g/mol. The summed E-state index contributed by atoms with van der Waals surface area (Å²) in [6.45, 7) is 4.68. The van der Waals surface area contributed by atoms with E-state index in [1.165, 1.54) is 0 Å². The molecule has 0 N–H and O–H groups in total. The predicted octanol–water partition coefficient (Wildman–Crippen LogP) is 3.11. The van der Waals surface area contributed by atoms with Crippen molar-refractivity contribution in [3.8, 4) is 17.2 Å². The summed E-state index contributed by atoms with van der Waals surface area (Å²) >= 11 is 0. The van der Waals surface area contributed by atoms with Crippen molar-refractivity contribution in [1.29, 1.82) is 0 Å². The van der Waals surface area contributed by atoms with Crippen LogP contribution < -0.4 is 14.2 Å². The van der Waals surface area contributed by atoms with Gasteiger partial charge in [-0.3, -0.25) is 0 Å². The number of nitrogens with zero attached hydrogens (tertiary/aromatic N) is 1. The highest BCUT2D eigenvalue weighted by Gasteiger charge is 2.14. The zero-order chi connectivity index (χ0) is 13.2. The molecule has 1 aromatic heterocycles. The van der Waals surface area contributed by atoms with Crippen LogP contribution in [-0.2, 0) is 6.61 Å². The van der Waals surface area contributed by atoms with Gasteiger partial charge in [0.05, 0.1) is 6.20 Å². The van der Waals surface area contributed by atoms with Crippen LogP contribution in [0.2, 0.25) is 0 Å². The lowest BCUT2D eigenvalue weighted by Crippen LogP contribution is -1.95. The lowest BCUT2D eigenvalue weighted by atomic mass is 10.2. The second kappa shape index (κ2) is 4.84. The number of hydrogen-bond acceptors (Lipinski definition) is 5. The maximum atomic E-state index is 5.62. The van der Waals surface area contributed by atoms with Crippen LogP contribution in [0.15, 0.2) is 28.8 Å². The highest BCUT2D eigenvalue weighted by molar-refractivity contribution is 5.46. The predicted molar refractivity (Wildman–Crippen MR) is 67.5 cm³/mol. The third-order valence-electron chi connectivity index (χ3n) is 2.85. The standard InChI is InChI=1S/C14H15NO4/c1-9(2)13-6-15-14(19-13)7-16-10-3-4-11-12(5-10)18-8-17-11/h3-6,9H,7-8H2,1-2H3. The summed E-state index contributed by atoms with van der Waals surface area (Å²) in [6, 6.07) is 5.46. The van der Waals surface area contributed by atoms with Crippen LogP contribution >= 0.6 is 0 Å². The third kappa shape index (κ3) is 2.50. The average Bonchev–Trinajstić information content (AvgIpc) is 3.04. The molecule has 1 aliphatic heterocycles. The van der Waals surface area contributed by atoms with Crippen molar-refractivity contribution in [2.45, 2.75) is 26.4 Å². The summed E-state index contributed by atoms with van der Waals surface area (Å²) in [5.41, 5.74) is 0. The van der Waals surface area contributed by atoms with E-state index in [4.69, 9.17) is 18.6 Å². The molecule has 0 bridgehead atoms. The first-order valence-electron chi connectivity index (χ1n) is 6.19. The van der Waals surface area contributed by atoms with Crippen LogP contribution in [0.25, 0.3) is 0 Å². The van der Waals surface area contributed by atoms with E-state index in [1.807, 2.05) is 12.1 Å². The van der Waals surface area contributed by atoms with Crippen LogP contribution in [0.5, 0.6) is 17.2 Å². The summed E-state index contributed by atoms with van der Waals surface area (Å²) in [6.07, 6.45) is 1.74. The maximum Gasteiger partial charge on any atom is 0.232 e. The Labute approximate surface area is 111 Å². The minimum Gasteiger partial charge on any atom is -0.484 e. The SMILES string of the molecule is CC(C)c1cnc(COc2ccc3c(c2)OCO3)o1. The fraction of sp³-hybridized carbons (Fsp3) is 0.357. The van der Waals surface area contributed by atoms with E-state index in [2.05, 4.69) is 18.8 Å². The van der Waals surface area contributed by atoms with Gasteiger partial charge >= 0.3 is 0 Å². The first-order valence-corrected chi connectivity index (χ1v) is 6.19. The number of ether oxygens (including phenoxy) is 3. The van der Waals surface area contributed by atoms with E-state index in [0.717, 1.165) is 11.5 Å². The molecule has 5 nitrogen and oxygen atoms in total. The Morgan fingerprint density at radius 3 is 2.89 bits per heavy atom. The summed E-state index contributed by atoms with van der Waals surface area (Å²) in [5, 5.41) is 0. The molecule has 0 amide bonds. The molecule has 0 spiro atoms. The van der Waals surface area contributed by atoms with Gasteiger partial charge in [-0.15, -0.1) is 0 Å². The first-order chi connectivity index (χ1) is 9.22. The van der Waals surface area contributed by atoms with Crippen molar-refractivity contribution < 1.29 is 18.6 Å². The van der Waals surface area contributed by atoms with Gasteiger partial charge < -0.3 is 18.6 Å². The molecule has 100 valence electrons. The van der Waals surface area contributed by atoms with Crippen molar-refractivity contribution in [1.82, 2.24) is 4.98 Å². The van der Waals surface area contributed by atoms with Crippen LogP contribution in [0.4, 0.5) is 0 Å². The van der Waals surface area contributed by atoms with Crippen LogP contribution in [0.1, 0.15) is 31.4 Å². The lowest BCUT2D eigenvalue weighted by Gasteiger charge is -2.04. The minimum atomic E-state index is 0.260. The van der Waals surface area contributed by atoms with Crippen molar-refractivity contribution in [3.05, 3.63) is 36.0 Å². The molecular formula is C14H15NO4. The van der Waals surface area contributed by atoms with Crippen LogP contribution in [0, 0.1) is 0 Å². The summed E-state index contributed by atoms with van der Waals surface area (Å²) < 4.78 is 21.7. The van der Waals surface area contributed by atoms with E-state index >= 15 is 0 Å². The molecule has 2 heterocycles. The van der Waals surface area contributed by atoms with Crippen molar-refractivity contribution in [2.75, 3.05) is 6.79 Å². The molecule has 2 aromatic rings. The van der Waals surface area contributed by atoms with Crippen molar-refractivity contribution >= 4 is 0 Å². The van der Waals surface area contributed by atoms with E-state index in [9.17, 15) is 0 Å². The minimum absolute atomic E-state index is 0.260. The number of aromatic nitrogens is 1. The van der Waals surface area contributed by atoms with Crippen molar-refractivity contribution in [3.63, 3.8) is 0 Å². The second-order valence-corrected chi connectivity index (χ2v) is 4.61. The highest BCUT2D eigenvalue weighted by atomic mass is 16.7. The number of benzene rings is 1. The Bertz CT molecular complexity index is 577. The first kappa shape index (κ1) is 11.9. The molecule has 0 aliphatic carbocycles. The zero-order valence-electron chi connectivity index (χ0n) is 10.9. The molecule has 19 heavy (non-hydrogen) atoms. The Hall–Kier alpha value is -2.17. The molecule has 0 saturated heterocycles. The van der Waals surface area contributed by atoms with E-state index in [0.29, 0.717) is 29.9 Å². The zero-order valence-corrected chi connectivity index (χ0v) is 10.9. The number of oxazole rings is 1. The molecule has 1 aliphatic rings. The van der Waals surface area contributed by atoms with Gasteiger partial charge in [0.25, 0.3) is 0 Å². The van der Waals surface area contributed by atoms with Crippen LogP contribution in [0.3, 0.4) is 0 Å². The molecule has 5 heteroatoms. The van der Waals surface area contributed by atoms with Crippen LogP contribution in [-0.4, -0.2) is 11.8 Å². The normalized spacial score (nSPS) is 13.0. The number of fused-ring (bicyclic) bond motifs is 1. The van der Waals surface area contributed by atoms with Gasteiger partial charge in [-0.2, -0.15) is 0 Å². The smallest absolute Gasteiger partial charge is 0.232 e. The number of hydrogen-bond donors (Lipinski definition) is 0. The molecule has 0 atom stereocenters. The Kier molecular flexibility index (Phi) is 3.03. The Morgan fingerprint density at radius 2 is 2.11 bits per heavy atom. The number of rotatable bonds is 4. The second-order valence-electron chi connectivity index (χ2n) is 4.61. The largest absolute Gasteiger partial charge is 0.484 e. The van der Waals surface area contributed by atoms with E-state index in [1.54, 1.807) is 12.3 Å². The fourth-order valence-electron chi connectivity index (χ4n) is 1.77. The van der Waals surface area contributed by atoms with Gasteiger partial charge in [0.1, 0.15) is 11.5 Å². The van der Waals surface area contributed by atoms with E-state index in [-0.39, 0.29) is 6.79 Å². The van der Waals surface area contributed by atoms with Gasteiger partial charge in [-0.25, -0.2) is 4.98 Å². The third-order valence-corrected chi connectivity index (χ3v) is 2.85. The van der Waals surface area contributed by atoms with Gasteiger partial charge in [-0.1, -0.05) is 13.8 Å². The highest BCUT2D eigenvalue weighted by Crippen LogP contribution is 2.35. The molecule has 0 radical (unpaired) electrons.